The van der Waals surface area contributed by atoms with Crippen molar-refractivity contribution in [1.82, 2.24) is 0 Å². The number of hydrogen-bond acceptors (Lipinski definition) is 7. The number of esters is 1. The van der Waals surface area contributed by atoms with Crippen LogP contribution in [0, 0.1) is 17.8 Å². The summed E-state index contributed by atoms with van der Waals surface area (Å²) in [5, 5.41) is 0. The van der Waals surface area contributed by atoms with Crippen molar-refractivity contribution in [3.8, 4) is 0 Å². The van der Waals surface area contributed by atoms with Crippen molar-refractivity contribution in [2.45, 2.75) is 46.1 Å². The Morgan fingerprint density at radius 3 is 1.93 bits per heavy atom. The zero-order valence-corrected chi connectivity index (χ0v) is 18.2. The van der Waals surface area contributed by atoms with Gasteiger partial charge in [0.05, 0.1) is 52.9 Å². The summed E-state index contributed by atoms with van der Waals surface area (Å²) in [5.41, 5.74) is 0. The van der Waals surface area contributed by atoms with Gasteiger partial charge in [-0.15, -0.1) is 0 Å². The molecule has 0 radical (unpaired) electrons. The monoisotopic (exact) mass is 404 g/mol. The fraction of sp³-hybridized carbons (Fsp3) is 0.952. The highest BCUT2D eigenvalue weighted by Gasteiger charge is 2.33. The zero-order chi connectivity index (χ0) is 20.6. The smallest absolute Gasteiger partial charge is 0.332 e. The van der Waals surface area contributed by atoms with Gasteiger partial charge < -0.3 is 28.4 Å². The predicted molar refractivity (Wildman–Crippen MR) is 106 cm³/mol. The molecule has 0 aromatic heterocycles. The van der Waals surface area contributed by atoms with Crippen molar-refractivity contribution in [3.63, 3.8) is 0 Å². The van der Waals surface area contributed by atoms with Crippen LogP contribution in [0.15, 0.2) is 0 Å². The maximum Gasteiger partial charge on any atom is 0.332 e. The van der Waals surface area contributed by atoms with Crippen LogP contribution in [0.1, 0.15) is 40.0 Å². The number of carbonyl (C=O) groups is 1. The molecule has 0 aromatic carbocycles. The molecule has 7 nitrogen and oxygen atoms in total. The minimum absolute atomic E-state index is 0.0195. The van der Waals surface area contributed by atoms with Gasteiger partial charge in [0.2, 0.25) is 0 Å². The van der Waals surface area contributed by atoms with Gasteiger partial charge in [0.15, 0.2) is 0 Å². The molecule has 1 saturated carbocycles. The molecule has 1 fully saturated rings. The maximum absolute atomic E-state index is 12.1. The molecule has 1 rings (SSSR count). The summed E-state index contributed by atoms with van der Waals surface area (Å²) in [6.45, 7) is 10.6. The Bertz CT molecular complexity index is 389. The van der Waals surface area contributed by atoms with Crippen molar-refractivity contribution < 1.29 is 33.2 Å². The van der Waals surface area contributed by atoms with Gasteiger partial charge in [-0.25, -0.2) is 4.79 Å². The van der Waals surface area contributed by atoms with Crippen LogP contribution in [0.25, 0.3) is 0 Å². The summed E-state index contributed by atoms with van der Waals surface area (Å²) in [6, 6.07) is 0. The van der Waals surface area contributed by atoms with Crippen LogP contribution in [0.2, 0.25) is 0 Å². The molecule has 0 spiro atoms. The first-order valence-electron chi connectivity index (χ1n) is 10.5. The lowest BCUT2D eigenvalue weighted by Crippen LogP contribution is -2.36. The van der Waals surface area contributed by atoms with Crippen LogP contribution in [-0.4, -0.2) is 78.6 Å². The van der Waals surface area contributed by atoms with E-state index in [0.717, 1.165) is 12.8 Å². The highest BCUT2D eigenvalue weighted by molar-refractivity contribution is 5.70. The second-order valence-electron chi connectivity index (χ2n) is 7.74. The summed E-state index contributed by atoms with van der Waals surface area (Å²) in [5.74, 6) is 1.32. The molecule has 7 heteroatoms. The third-order valence-corrected chi connectivity index (χ3v) is 5.01. The van der Waals surface area contributed by atoms with Crippen molar-refractivity contribution >= 4 is 5.97 Å². The summed E-state index contributed by atoms with van der Waals surface area (Å²) >= 11 is 0. The van der Waals surface area contributed by atoms with E-state index in [-0.39, 0.29) is 18.7 Å². The van der Waals surface area contributed by atoms with Crippen LogP contribution in [-0.2, 0) is 33.2 Å². The summed E-state index contributed by atoms with van der Waals surface area (Å²) in [7, 11) is 1.64. The minimum atomic E-state index is -0.276. The highest BCUT2D eigenvalue weighted by atomic mass is 16.6. The van der Waals surface area contributed by atoms with E-state index in [0.29, 0.717) is 70.6 Å². The first-order valence-corrected chi connectivity index (χ1v) is 10.5. The standard InChI is InChI=1S/C21H40O7/c1-17(2)19-6-5-18(3)15-20(19)28-21(22)16-27-14-13-26-12-11-25-10-9-24-8-7-23-4/h17-20H,5-16H2,1-4H3/t18-,19+,20-/m1/s1. The van der Waals surface area contributed by atoms with E-state index >= 15 is 0 Å². The van der Waals surface area contributed by atoms with E-state index in [9.17, 15) is 4.79 Å². The molecule has 0 heterocycles. The van der Waals surface area contributed by atoms with Crippen molar-refractivity contribution in [1.29, 1.82) is 0 Å². The van der Waals surface area contributed by atoms with Crippen molar-refractivity contribution in [2.75, 3.05) is 66.6 Å². The lowest BCUT2D eigenvalue weighted by Gasteiger charge is -2.36. The molecule has 1 aliphatic carbocycles. The summed E-state index contributed by atoms with van der Waals surface area (Å²) in [6.07, 6.45) is 3.32. The SMILES string of the molecule is COCCOCCOCCOCCOCC(=O)O[C@@H]1C[C@H](C)CC[C@H]1C(C)C. The molecule has 0 amide bonds. The number of hydrogen-bond donors (Lipinski definition) is 0. The van der Waals surface area contributed by atoms with Crippen molar-refractivity contribution in [2.24, 2.45) is 17.8 Å². The van der Waals surface area contributed by atoms with Gasteiger partial charge in [-0.05, 0) is 30.6 Å². The van der Waals surface area contributed by atoms with E-state index < -0.39 is 0 Å². The summed E-state index contributed by atoms with van der Waals surface area (Å²) in [4.78, 5) is 12.1. The quantitative estimate of drug-likeness (QED) is 0.289. The highest BCUT2D eigenvalue weighted by Crippen LogP contribution is 2.35. The fourth-order valence-corrected chi connectivity index (χ4v) is 3.41. The van der Waals surface area contributed by atoms with Gasteiger partial charge in [0, 0.05) is 7.11 Å². The van der Waals surface area contributed by atoms with Crippen molar-refractivity contribution in [3.05, 3.63) is 0 Å². The second kappa shape index (κ2) is 16.1. The predicted octanol–water partition coefficient (Wildman–Crippen LogP) is 2.70. The second-order valence-corrected chi connectivity index (χ2v) is 7.74. The van der Waals surface area contributed by atoms with E-state index in [1.807, 2.05) is 0 Å². The minimum Gasteiger partial charge on any atom is -0.460 e. The average Bonchev–Trinajstić information content (AvgIpc) is 2.65. The van der Waals surface area contributed by atoms with E-state index in [2.05, 4.69) is 20.8 Å². The number of carbonyl (C=O) groups excluding carboxylic acids is 1. The van der Waals surface area contributed by atoms with Crippen LogP contribution in [0.5, 0.6) is 0 Å². The molecule has 0 aromatic rings. The van der Waals surface area contributed by atoms with E-state index in [4.69, 9.17) is 28.4 Å². The molecule has 0 unspecified atom stereocenters. The lowest BCUT2D eigenvalue weighted by atomic mass is 9.75. The largest absolute Gasteiger partial charge is 0.460 e. The summed E-state index contributed by atoms with van der Waals surface area (Å²) < 4.78 is 32.0. The third-order valence-electron chi connectivity index (χ3n) is 5.01. The molecule has 0 bridgehead atoms. The first-order chi connectivity index (χ1) is 13.5. The Balaban J connectivity index is 1.96. The molecule has 28 heavy (non-hydrogen) atoms. The Morgan fingerprint density at radius 1 is 0.857 bits per heavy atom. The Hall–Kier alpha value is -0.730. The van der Waals surface area contributed by atoms with Crippen LogP contribution >= 0.6 is 0 Å². The van der Waals surface area contributed by atoms with Crippen LogP contribution in [0.3, 0.4) is 0 Å². The van der Waals surface area contributed by atoms with Gasteiger partial charge in [-0.1, -0.05) is 27.2 Å². The van der Waals surface area contributed by atoms with Crippen LogP contribution in [0.4, 0.5) is 0 Å². The number of rotatable bonds is 16. The maximum atomic E-state index is 12.1. The normalized spacial score (nSPS) is 22.5. The molecule has 166 valence electrons. The molecule has 0 saturated heterocycles. The van der Waals surface area contributed by atoms with Gasteiger partial charge in [-0.3, -0.25) is 0 Å². The first kappa shape index (κ1) is 25.3. The molecular weight excluding hydrogens is 364 g/mol. The van der Waals surface area contributed by atoms with E-state index in [1.165, 1.54) is 6.42 Å². The molecule has 3 atom stereocenters. The molecule has 1 aliphatic rings. The molecule has 0 N–H and O–H groups in total. The van der Waals surface area contributed by atoms with Gasteiger partial charge >= 0.3 is 5.97 Å². The van der Waals surface area contributed by atoms with Gasteiger partial charge in [0.1, 0.15) is 12.7 Å². The van der Waals surface area contributed by atoms with Gasteiger partial charge in [-0.2, -0.15) is 0 Å². The Kier molecular flexibility index (Phi) is 14.6. The van der Waals surface area contributed by atoms with Gasteiger partial charge in [0.25, 0.3) is 0 Å². The topological polar surface area (TPSA) is 72.5 Å². The number of methoxy groups -OCH3 is 1. The third kappa shape index (κ3) is 12.0. The molecular formula is C21H40O7. The molecule has 0 aliphatic heterocycles. The Morgan fingerprint density at radius 2 is 1.39 bits per heavy atom. The number of ether oxygens (including phenoxy) is 6. The lowest BCUT2D eigenvalue weighted by molar-refractivity contribution is -0.161. The Labute approximate surface area is 170 Å². The average molecular weight is 405 g/mol. The van der Waals surface area contributed by atoms with E-state index in [1.54, 1.807) is 7.11 Å². The van der Waals surface area contributed by atoms with Crippen LogP contribution < -0.4 is 0 Å². The zero-order valence-electron chi connectivity index (χ0n) is 18.2. The fourth-order valence-electron chi connectivity index (χ4n) is 3.41.